The van der Waals surface area contributed by atoms with E-state index in [2.05, 4.69) is 33.0 Å². The van der Waals surface area contributed by atoms with Crippen LogP contribution in [0.2, 0.25) is 0 Å². The molecule has 3 aliphatic rings. The lowest BCUT2D eigenvalue weighted by Gasteiger charge is -2.39. The second kappa shape index (κ2) is 4.21. The molecule has 0 amide bonds. The summed E-state index contributed by atoms with van der Waals surface area (Å²) in [5.41, 5.74) is 7.48. The number of likely N-dealkylation sites (tertiary alicyclic amines) is 1. The maximum absolute atomic E-state index is 6.39. The van der Waals surface area contributed by atoms with E-state index in [9.17, 15) is 0 Å². The van der Waals surface area contributed by atoms with Crippen molar-refractivity contribution in [1.29, 1.82) is 0 Å². The molecule has 0 bridgehead atoms. The summed E-state index contributed by atoms with van der Waals surface area (Å²) in [4.78, 5) is 2.59. The fourth-order valence-electron chi connectivity index (χ4n) is 3.57. The van der Waals surface area contributed by atoms with Gasteiger partial charge in [0.1, 0.15) is 11.4 Å². The van der Waals surface area contributed by atoms with Gasteiger partial charge in [0.05, 0.1) is 0 Å². The summed E-state index contributed by atoms with van der Waals surface area (Å²) >= 11 is 3.52. The number of benzene rings is 1. The molecule has 19 heavy (non-hydrogen) atoms. The quantitative estimate of drug-likeness (QED) is 0.864. The first kappa shape index (κ1) is 12.2. The number of hydrogen-bond donors (Lipinski definition) is 1. The topological polar surface area (TPSA) is 38.5 Å². The zero-order chi connectivity index (χ0) is 13.0. The van der Waals surface area contributed by atoms with Crippen molar-refractivity contribution in [3.8, 4) is 5.75 Å². The fourth-order valence-corrected chi connectivity index (χ4v) is 3.91. The van der Waals surface area contributed by atoms with Gasteiger partial charge >= 0.3 is 0 Å². The minimum atomic E-state index is -0.0458. The van der Waals surface area contributed by atoms with E-state index in [1.54, 1.807) is 0 Å². The molecule has 1 spiro atoms. The van der Waals surface area contributed by atoms with Crippen LogP contribution in [0.1, 0.15) is 37.3 Å². The highest BCUT2D eigenvalue weighted by molar-refractivity contribution is 9.10. The summed E-state index contributed by atoms with van der Waals surface area (Å²) in [5.74, 6) is 0.978. The molecule has 1 aromatic carbocycles. The zero-order valence-corrected chi connectivity index (χ0v) is 12.5. The molecule has 3 nitrogen and oxygen atoms in total. The van der Waals surface area contributed by atoms with Crippen LogP contribution in [-0.4, -0.2) is 29.6 Å². The predicted octanol–water partition coefficient (Wildman–Crippen LogP) is 2.84. The summed E-state index contributed by atoms with van der Waals surface area (Å²) in [6.45, 7) is 2.22. The lowest BCUT2D eigenvalue weighted by atomic mass is 9.87. The lowest BCUT2D eigenvalue weighted by Crippen LogP contribution is -2.45. The van der Waals surface area contributed by atoms with Crippen LogP contribution >= 0.6 is 15.9 Å². The van der Waals surface area contributed by atoms with Gasteiger partial charge in [0.25, 0.3) is 0 Å². The summed E-state index contributed by atoms with van der Waals surface area (Å²) in [7, 11) is 0. The van der Waals surface area contributed by atoms with E-state index in [1.165, 1.54) is 19.4 Å². The van der Waals surface area contributed by atoms with Crippen LogP contribution in [0.15, 0.2) is 22.7 Å². The molecular weight excluding hydrogens is 304 g/mol. The predicted molar refractivity (Wildman–Crippen MR) is 78.3 cm³/mol. The number of ether oxygens (including phenoxy) is 1. The van der Waals surface area contributed by atoms with Gasteiger partial charge in [-0.2, -0.15) is 0 Å². The minimum absolute atomic E-state index is 0.0458. The van der Waals surface area contributed by atoms with E-state index < -0.39 is 0 Å². The summed E-state index contributed by atoms with van der Waals surface area (Å²) in [5, 5.41) is 0. The molecule has 1 saturated carbocycles. The van der Waals surface area contributed by atoms with Gasteiger partial charge in [0.2, 0.25) is 0 Å². The van der Waals surface area contributed by atoms with Crippen molar-refractivity contribution in [2.45, 2.75) is 43.4 Å². The average molecular weight is 323 g/mol. The largest absolute Gasteiger partial charge is 0.485 e. The Morgan fingerprint density at radius 1 is 1.37 bits per heavy atom. The van der Waals surface area contributed by atoms with Gasteiger partial charge in [-0.3, -0.25) is 4.90 Å². The van der Waals surface area contributed by atoms with Crippen LogP contribution in [0.3, 0.4) is 0 Å². The first-order valence-corrected chi connectivity index (χ1v) is 7.93. The van der Waals surface area contributed by atoms with Crippen LogP contribution in [0.25, 0.3) is 0 Å². The molecule has 2 aliphatic heterocycles. The van der Waals surface area contributed by atoms with E-state index in [0.29, 0.717) is 0 Å². The maximum atomic E-state index is 6.39. The number of hydrogen-bond acceptors (Lipinski definition) is 3. The van der Waals surface area contributed by atoms with Gasteiger partial charge in [-0.1, -0.05) is 22.0 Å². The molecule has 1 saturated heterocycles. The Balaban J connectivity index is 1.63. The molecule has 102 valence electrons. The van der Waals surface area contributed by atoms with Crippen molar-refractivity contribution in [2.24, 2.45) is 5.73 Å². The second-order valence-electron chi connectivity index (χ2n) is 6.23. The van der Waals surface area contributed by atoms with Crippen molar-refractivity contribution in [2.75, 3.05) is 13.1 Å². The van der Waals surface area contributed by atoms with E-state index in [0.717, 1.165) is 41.2 Å². The van der Waals surface area contributed by atoms with Gasteiger partial charge in [0.15, 0.2) is 0 Å². The molecule has 2 atom stereocenters. The Morgan fingerprint density at radius 3 is 3.00 bits per heavy atom. The molecular formula is C15H19BrN2O. The molecule has 2 heterocycles. The van der Waals surface area contributed by atoms with Crippen molar-refractivity contribution in [3.05, 3.63) is 28.2 Å². The monoisotopic (exact) mass is 322 g/mol. The number of rotatable bonds is 1. The van der Waals surface area contributed by atoms with Gasteiger partial charge in [-0.25, -0.2) is 0 Å². The minimum Gasteiger partial charge on any atom is -0.485 e. The van der Waals surface area contributed by atoms with Crippen LogP contribution in [0.5, 0.6) is 5.75 Å². The van der Waals surface area contributed by atoms with E-state index in [1.807, 2.05) is 6.07 Å². The Hall–Kier alpha value is -0.580. The van der Waals surface area contributed by atoms with Gasteiger partial charge in [0, 0.05) is 48.1 Å². The molecule has 2 fully saturated rings. The van der Waals surface area contributed by atoms with Gasteiger partial charge in [-0.05, 0) is 25.0 Å². The van der Waals surface area contributed by atoms with Crippen molar-refractivity contribution in [3.63, 3.8) is 0 Å². The number of nitrogens with two attached hydrogens (primary N) is 1. The first-order chi connectivity index (χ1) is 9.15. The van der Waals surface area contributed by atoms with Crippen LogP contribution < -0.4 is 10.5 Å². The molecule has 2 N–H and O–H groups in total. The van der Waals surface area contributed by atoms with Crippen molar-refractivity contribution >= 4 is 15.9 Å². The third kappa shape index (κ3) is 2.10. The highest BCUT2D eigenvalue weighted by Gasteiger charge is 2.48. The van der Waals surface area contributed by atoms with Gasteiger partial charge < -0.3 is 10.5 Å². The third-order valence-corrected chi connectivity index (χ3v) is 5.20. The summed E-state index contributed by atoms with van der Waals surface area (Å²) in [6, 6.07) is 7.13. The molecule has 1 aliphatic carbocycles. The van der Waals surface area contributed by atoms with E-state index in [4.69, 9.17) is 10.5 Å². The van der Waals surface area contributed by atoms with Crippen LogP contribution in [0.4, 0.5) is 0 Å². The SMILES string of the molecule is N[C@H]1CC2(CCN(C3CC3)C2)Oc2cc(Br)ccc21. The van der Waals surface area contributed by atoms with Crippen molar-refractivity contribution in [1.82, 2.24) is 4.90 Å². The number of fused-ring (bicyclic) bond motifs is 1. The highest BCUT2D eigenvalue weighted by Crippen LogP contribution is 2.45. The van der Waals surface area contributed by atoms with E-state index >= 15 is 0 Å². The average Bonchev–Trinajstić information content (AvgIpc) is 3.13. The van der Waals surface area contributed by atoms with Crippen molar-refractivity contribution < 1.29 is 4.74 Å². The molecule has 0 aromatic heterocycles. The zero-order valence-electron chi connectivity index (χ0n) is 10.9. The number of halogens is 1. The fraction of sp³-hybridized carbons (Fsp3) is 0.600. The lowest BCUT2D eigenvalue weighted by molar-refractivity contribution is 0.0433. The standard InChI is InChI=1S/C15H19BrN2O/c16-10-1-4-12-13(17)8-15(19-14(12)7-10)5-6-18(9-15)11-2-3-11/h1,4,7,11,13H,2-3,5-6,8-9,17H2/t13-,15?/m0/s1. The Kier molecular flexibility index (Phi) is 2.70. The summed E-state index contributed by atoms with van der Waals surface area (Å²) < 4.78 is 7.45. The smallest absolute Gasteiger partial charge is 0.126 e. The molecule has 0 radical (unpaired) electrons. The Morgan fingerprint density at radius 2 is 2.21 bits per heavy atom. The normalized spacial score (nSPS) is 34.3. The molecule has 4 heteroatoms. The molecule has 1 unspecified atom stereocenters. The van der Waals surface area contributed by atoms with Crippen LogP contribution in [0, 0.1) is 0 Å². The second-order valence-corrected chi connectivity index (χ2v) is 7.15. The summed E-state index contributed by atoms with van der Waals surface area (Å²) in [6.07, 6.45) is 4.79. The van der Waals surface area contributed by atoms with Crippen LogP contribution in [-0.2, 0) is 0 Å². The molecule has 1 aromatic rings. The first-order valence-electron chi connectivity index (χ1n) is 7.13. The van der Waals surface area contributed by atoms with E-state index in [-0.39, 0.29) is 11.6 Å². The maximum Gasteiger partial charge on any atom is 0.126 e. The Bertz CT molecular complexity index is 517. The van der Waals surface area contributed by atoms with Gasteiger partial charge in [-0.15, -0.1) is 0 Å². The third-order valence-electron chi connectivity index (χ3n) is 4.70. The molecule has 4 rings (SSSR count). The highest BCUT2D eigenvalue weighted by atomic mass is 79.9. The Labute approximate surface area is 122 Å². The number of nitrogens with zero attached hydrogens (tertiary/aromatic N) is 1.